The van der Waals surface area contributed by atoms with Crippen molar-refractivity contribution in [2.45, 2.75) is 13.0 Å². The van der Waals surface area contributed by atoms with Crippen molar-refractivity contribution in [2.24, 2.45) is 0 Å². The molecule has 1 unspecified atom stereocenters. The molecule has 2 heterocycles. The van der Waals surface area contributed by atoms with E-state index in [9.17, 15) is 5.11 Å². The summed E-state index contributed by atoms with van der Waals surface area (Å²) in [5.41, 5.74) is 9.29. The van der Waals surface area contributed by atoms with Gasteiger partial charge in [0.15, 0.2) is 5.13 Å². The molecule has 4 nitrogen and oxygen atoms in total. The zero-order valence-electron chi connectivity index (χ0n) is 10.4. The number of fused-ring (bicyclic) bond motifs is 1. The molecule has 0 radical (unpaired) electrons. The molecular weight excluding hydrogens is 258 g/mol. The Kier molecular flexibility index (Phi) is 2.93. The summed E-state index contributed by atoms with van der Waals surface area (Å²) < 4.78 is 0. The van der Waals surface area contributed by atoms with Crippen LogP contribution in [-0.4, -0.2) is 15.1 Å². The van der Waals surface area contributed by atoms with Gasteiger partial charge in [-0.05, 0) is 24.6 Å². The molecule has 3 rings (SSSR count). The molecule has 5 heteroatoms. The van der Waals surface area contributed by atoms with Gasteiger partial charge in [-0.25, -0.2) is 9.97 Å². The average molecular weight is 271 g/mol. The predicted molar refractivity (Wildman–Crippen MR) is 77.9 cm³/mol. The Morgan fingerprint density at radius 2 is 1.84 bits per heavy atom. The fourth-order valence-electron chi connectivity index (χ4n) is 1.93. The Morgan fingerprint density at radius 3 is 2.53 bits per heavy atom. The van der Waals surface area contributed by atoms with Crippen LogP contribution in [0.25, 0.3) is 21.6 Å². The largest absolute Gasteiger partial charge is 0.389 e. The molecule has 96 valence electrons. The first kappa shape index (κ1) is 12.1. The summed E-state index contributed by atoms with van der Waals surface area (Å²) in [7, 11) is 0. The number of benzene rings is 1. The number of rotatable bonds is 2. The van der Waals surface area contributed by atoms with Gasteiger partial charge in [-0.15, -0.1) is 0 Å². The van der Waals surface area contributed by atoms with Gasteiger partial charge in [0.05, 0.1) is 11.8 Å². The van der Waals surface area contributed by atoms with Crippen LogP contribution in [0, 0.1) is 0 Å². The highest BCUT2D eigenvalue weighted by atomic mass is 32.1. The van der Waals surface area contributed by atoms with E-state index >= 15 is 0 Å². The number of hydrogen-bond donors (Lipinski definition) is 2. The minimum atomic E-state index is -0.453. The van der Waals surface area contributed by atoms with E-state index in [1.807, 2.05) is 36.4 Å². The van der Waals surface area contributed by atoms with Crippen molar-refractivity contribution in [1.29, 1.82) is 0 Å². The molecule has 0 fully saturated rings. The Balaban J connectivity index is 2.03. The third kappa shape index (κ3) is 2.30. The molecule has 0 aliphatic carbocycles. The van der Waals surface area contributed by atoms with E-state index in [4.69, 9.17) is 5.73 Å². The molecule has 0 saturated heterocycles. The van der Waals surface area contributed by atoms with Gasteiger partial charge in [0.1, 0.15) is 10.3 Å². The standard InChI is InChI=1S/C14H13N3OS/c1-8(18)9-2-4-10(5-3-9)11-6-7-12-13(16-11)19-14(15)17-12/h2-8,18H,1H3,(H2,15,17). The number of nitrogens with zero attached hydrogens (tertiary/aromatic N) is 2. The van der Waals surface area contributed by atoms with Gasteiger partial charge >= 0.3 is 0 Å². The number of aliphatic hydroxyl groups is 1. The van der Waals surface area contributed by atoms with E-state index < -0.39 is 6.10 Å². The van der Waals surface area contributed by atoms with E-state index in [0.717, 1.165) is 27.2 Å². The maximum absolute atomic E-state index is 9.49. The average Bonchev–Trinajstić information content (AvgIpc) is 2.77. The molecule has 1 aromatic carbocycles. The number of hydrogen-bond acceptors (Lipinski definition) is 5. The zero-order chi connectivity index (χ0) is 13.4. The normalized spacial score (nSPS) is 12.7. The highest BCUT2D eigenvalue weighted by Gasteiger charge is 2.06. The monoisotopic (exact) mass is 271 g/mol. The Morgan fingerprint density at radius 1 is 1.11 bits per heavy atom. The van der Waals surface area contributed by atoms with Gasteiger partial charge in [-0.3, -0.25) is 0 Å². The van der Waals surface area contributed by atoms with Crippen LogP contribution >= 0.6 is 11.3 Å². The summed E-state index contributed by atoms with van der Waals surface area (Å²) in [6.45, 7) is 1.75. The molecule has 0 bridgehead atoms. The highest BCUT2D eigenvalue weighted by molar-refractivity contribution is 7.21. The molecule has 0 saturated carbocycles. The topological polar surface area (TPSA) is 72.0 Å². The van der Waals surface area contributed by atoms with Gasteiger partial charge in [0.2, 0.25) is 0 Å². The summed E-state index contributed by atoms with van der Waals surface area (Å²) in [4.78, 5) is 9.58. The van der Waals surface area contributed by atoms with Crippen LogP contribution < -0.4 is 5.73 Å². The van der Waals surface area contributed by atoms with E-state index in [2.05, 4.69) is 9.97 Å². The third-order valence-electron chi connectivity index (χ3n) is 2.96. The van der Waals surface area contributed by atoms with Crippen LogP contribution in [0.5, 0.6) is 0 Å². The van der Waals surface area contributed by atoms with Crippen LogP contribution in [0.4, 0.5) is 5.13 Å². The summed E-state index contributed by atoms with van der Waals surface area (Å²) in [5.74, 6) is 0. The Labute approximate surface area is 114 Å². The summed E-state index contributed by atoms with van der Waals surface area (Å²) in [5, 5.41) is 10.0. The molecule has 0 spiro atoms. The van der Waals surface area contributed by atoms with Crippen molar-refractivity contribution in [2.75, 3.05) is 5.73 Å². The second-order valence-electron chi connectivity index (χ2n) is 4.37. The summed E-state index contributed by atoms with van der Waals surface area (Å²) in [6.07, 6.45) is -0.453. The van der Waals surface area contributed by atoms with Crippen molar-refractivity contribution >= 4 is 26.8 Å². The number of aliphatic hydroxyl groups excluding tert-OH is 1. The van der Waals surface area contributed by atoms with Gasteiger partial charge in [-0.1, -0.05) is 35.6 Å². The molecule has 0 amide bonds. The maximum atomic E-state index is 9.49. The summed E-state index contributed by atoms with van der Waals surface area (Å²) >= 11 is 1.38. The molecule has 1 atom stereocenters. The van der Waals surface area contributed by atoms with E-state index in [-0.39, 0.29) is 0 Å². The second-order valence-corrected chi connectivity index (χ2v) is 5.38. The minimum Gasteiger partial charge on any atom is -0.389 e. The van der Waals surface area contributed by atoms with Crippen LogP contribution in [0.15, 0.2) is 36.4 Å². The molecular formula is C14H13N3OS. The zero-order valence-corrected chi connectivity index (χ0v) is 11.2. The van der Waals surface area contributed by atoms with Gasteiger partial charge in [0, 0.05) is 5.56 Å². The van der Waals surface area contributed by atoms with Crippen molar-refractivity contribution in [3.63, 3.8) is 0 Å². The quantitative estimate of drug-likeness (QED) is 0.751. The lowest BCUT2D eigenvalue weighted by atomic mass is 10.1. The molecule has 3 aromatic rings. The van der Waals surface area contributed by atoms with Crippen molar-refractivity contribution in [3.05, 3.63) is 42.0 Å². The molecule has 3 N–H and O–H groups in total. The fourth-order valence-corrected chi connectivity index (χ4v) is 2.63. The summed E-state index contributed by atoms with van der Waals surface area (Å²) in [6, 6.07) is 11.6. The Hall–Kier alpha value is -1.98. The number of pyridine rings is 1. The van der Waals surface area contributed by atoms with Crippen molar-refractivity contribution in [1.82, 2.24) is 9.97 Å². The van der Waals surface area contributed by atoms with E-state index in [0.29, 0.717) is 5.13 Å². The maximum Gasteiger partial charge on any atom is 0.182 e. The lowest BCUT2D eigenvalue weighted by Crippen LogP contribution is -1.90. The third-order valence-corrected chi connectivity index (χ3v) is 3.76. The fraction of sp³-hybridized carbons (Fsp3) is 0.143. The lowest BCUT2D eigenvalue weighted by molar-refractivity contribution is 0.199. The van der Waals surface area contributed by atoms with E-state index in [1.54, 1.807) is 6.92 Å². The first-order valence-corrected chi connectivity index (χ1v) is 6.76. The van der Waals surface area contributed by atoms with E-state index in [1.165, 1.54) is 11.3 Å². The Bertz CT molecular complexity index is 719. The number of nitrogen functional groups attached to an aromatic ring is 1. The second kappa shape index (κ2) is 4.60. The molecule has 2 aromatic heterocycles. The highest BCUT2D eigenvalue weighted by Crippen LogP contribution is 2.26. The number of thiazole rings is 1. The minimum absolute atomic E-state index is 0.453. The van der Waals surface area contributed by atoms with Crippen molar-refractivity contribution in [3.8, 4) is 11.3 Å². The number of anilines is 1. The van der Waals surface area contributed by atoms with Crippen LogP contribution in [-0.2, 0) is 0 Å². The number of aromatic nitrogens is 2. The number of nitrogens with two attached hydrogens (primary N) is 1. The van der Waals surface area contributed by atoms with Gasteiger partial charge in [0.25, 0.3) is 0 Å². The smallest absolute Gasteiger partial charge is 0.182 e. The van der Waals surface area contributed by atoms with Crippen LogP contribution in [0.2, 0.25) is 0 Å². The van der Waals surface area contributed by atoms with Crippen LogP contribution in [0.1, 0.15) is 18.6 Å². The first-order valence-electron chi connectivity index (χ1n) is 5.95. The van der Waals surface area contributed by atoms with Gasteiger partial charge in [-0.2, -0.15) is 0 Å². The SMILES string of the molecule is CC(O)c1ccc(-c2ccc3nc(N)sc3n2)cc1. The first-order chi connectivity index (χ1) is 9.13. The van der Waals surface area contributed by atoms with Crippen LogP contribution in [0.3, 0.4) is 0 Å². The molecule has 0 aliphatic rings. The van der Waals surface area contributed by atoms with Gasteiger partial charge < -0.3 is 10.8 Å². The van der Waals surface area contributed by atoms with Crippen molar-refractivity contribution < 1.29 is 5.11 Å². The lowest BCUT2D eigenvalue weighted by Gasteiger charge is -2.06. The molecule has 19 heavy (non-hydrogen) atoms. The predicted octanol–water partition coefficient (Wildman–Crippen LogP) is 2.99. The molecule has 0 aliphatic heterocycles.